The Hall–Kier alpha value is -1.02. The van der Waals surface area contributed by atoms with E-state index in [1.807, 2.05) is 6.08 Å². The molecule has 1 heterocycles. The number of hydrogen-bond donors (Lipinski definition) is 1. The average molecular weight is 192 g/mol. The molecule has 0 aliphatic rings. The Morgan fingerprint density at radius 2 is 2.07 bits per heavy atom. The summed E-state index contributed by atoms with van der Waals surface area (Å²) in [6.45, 7) is 9.31. The highest BCUT2D eigenvalue weighted by atomic mass is 15.0. The highest BCUT2D eigenvalue weighted by molar-refractivity contribution is 5.54. The van der Waals surface area contributed by atoms with Crippen LogP contribution in [-0.2, 0) is 0 Å². The van der Waals surface area contributed by atoms with Crippen molar-refractivity contribution in [2.45, 2.75) is 33.7 Å². The summed E-state index contributed by atoms with van der Waals surface area (Å²) < 4.78 is 2.34. The summed E-state index contributed by atoms with van der Waals surface area (Å²) in [5.41, 5.74) is 9.35. The highest BCUT2D eigenvalue weighted by Gasteiger charge is 2.08. The van der Waals surface area contributed by atoms with Crippen molar-refractivity contribution in [3.05, 3.63) is 29.1 Å². The van der Waals surface area contributed by atoms with E-state index in [1.54, 1.807) is 0 Å². The number of aryl methyl sites for hydroxylation is 1. The van der Waals surface area contributed by atoms with Crippen molar-refractivity contribution in [3.8, 4) is 0 Å². The normalized spacial score (nSPS) is 11.9. The van der Waals surface area contributed by atoms with E-state index < -0.39 is 0 Å². The zero-order valence-electron chi connectivity index (χ0n) is 9.54. The first-order chi connectivity index (χ1) is 6.57. The largest absolute Gasteiger partial charge is 0.346 e. The van der Waals surface area contributed by atoms with Gasteiger partial charge in [-0.3, -0.25) is 0 Å². The van der Waals surface area contributed by atoms with Gasteiger partial charge in [0.2, 0.25) is 0 Å². The maximum absolute atomic E-state index is 5.44. The van der Waals surface area contributed by atoms with Crippen molar-refractivity contribution in [2.24, 2.45) is 5.73 Å². The van der Waals surface area contributed by atoms with Crippen LogP contribution in [0.2, 0.25) is 0 Å². The maximum Gasteiger partial charge on any atom is 0.0279 e. The first kappa shape index (κ1) is 11.1. The number of nitrogens with two attached hydrogens (primary N) is 1. The second kappa shape index (κ2) is 4.47. The van der Waals surface area contributed by atoms with E-state index in [2.05, 4.69) is 44.4 Å². The molecule has 0 unspecified atom stereocenters. The lowest BCUT2D eigenvalue weighted by Crippen LogP contribution is -2.04. The van der Waals surface area contributed by atoms with Crippen LogP contribution in [0.3, 0.4) is 0 Å². The molecule has 0 bridgehead atoms. The molecular formula is C12H20N2. The van der Waals surface area contributed by atoms with Crippen molar-refractivity contribution in [1.29, 1.82) is 0 Å². The summed E-state index contributed by atoms with van der Waals surface area (Å²) in [4.78, 5) is 0. The second-order valence-corrected chi connectivity index (χ2v) is 3.93. The smallest absolute Gasteiger partial charge is 0.0279 e. The minimum Gasteiger partial charge on any atom is -0.346 e. The predicted molar refractivity (Wildman–Crippen MR) is 62.4 cm³/mol. The topological polar surface area (TPSA) is 30.9 Å². The van der Waals surface area contributed by atoms with E-state index in [1.165, 1.54) is 17.0 Å². The van der Waals surface area contributed by atoms with Crippen molar-refractivity contribution in [3.63, 3.8) is 0 Å². The number of rotatable bonds is 3. The fourth-order valence-corrected chi connectivity index (χ4v) is 1.96. The second-order valence-electron chi connectivity index (χ2n) is 3.93. The van der Waals surface area contributed by atoms with E-state index in [0.29, 0.717) is 12.6 Å². The van der Waals surface area contributed by atoms with Gasteiger partial charge in [-0.1, -0.05) is 12.2 Å². The Morgan fingerprint density at radius 3 is 2.50 bits per heavy atom. The standard InChI is InChI=1S/C12H20N2/c1-9(2)14-10(3)8-12(11(14)4)6-5-7-13/h5-6,8-9H,7,13H2,1-4H3/b6-5+. The lowest BCUT2D eigenvalue weighted by Gasteiger charge is -2.13. The molecular weight excluding hydrogens is 172 g/mol. The molecule has 0 aliphatic heterocycles. The van der Waals surface area contributed by atoms with Crippen LogP contribution >= 0.6 is 0 Å². The molecule has 1 rings (SSSR count). The maximum atomic E-state index is 5.44. The van der Waals surface area contributed by atoms with Crippen LogP contribution in [0.1, 0.15) is 36.8 Å². The Bertz CT molecular complexity index is 332. The zero-order chi connectivity index (χ0) is 10.7. The van der Waals surface area contributed by atoms with E-state index in [4.69, 9.17) is 5.73 Å². The molecule has 0 fully saturated rings. The Labute approximate surface area is 86.4 Å². The molecule has 2 N–H and O–H groups in total. The lowest BCUT2D eigenvalue weighted by molar-refractivity contribution is 0.574. The lowest BCUT2D eigenvalue weighted by atomic mass is 10.2. The van der Waals surface area contributed by atoms with Crippen LogP contribution in [-0.4, -0.2) is 11.1 Å². The molecule has 14 heavy (non-hydrogen) atoms. The van der Waals surface area contributed by atoms with Gasteiger partial charge in [0.15, 0.2) is 0 Å². The third-order valence-corrected chi connectivity index (χ3v) is 2.47. The molecule has 0 saturated heterocycles. The zero-order valence-corrected chi connectivity index (χ0v) is 9.54. The van der Waals surface area contributed by atoms with Gasteiger partial charge in [-0.25, -0.2) is 0 Å². The van der Waals surface area contributed by atoms with Crippen molar-refractivity contribution < 1.29 is 0 Å². The SMILES string of the molecule is Cc1cc(/C=C/CN)c(C)n1C(C)C. The Morgan fingerprint density at radius 1 is 1.43 bits per heavy atom. The van der Waals surface area contributed by atoms with E-state index >= 15 is 0 Å². The fourth-order valence-electron chi connectivity index (χ4n) is 1.96. The fraction of sp³-hybridized carbons (Fsp3) is 0.500. The minimum atomic E-state index is 0.523. The van der Waals surface area contributed by atoms with Crippen LogP contribution in [0.15, 0.2) is 12.1 Å². The molecule has 2 nitrogen and oxygen atoms in total. The van der Waals surface area contributed by atoms with Gasteiger partial charge < -0.3 is 10.3 Å². The summed E-state index contributed by atoms with van der Waals surface area (Å²) >= 11 is 0. The molecule has 0 aliphatic carbocycles. The molecule has 0 amide bonds. The summed E-state index contributed by atoms with van der Waals surface area (Å²) in [6.07, 6.45) is 4.09. The summed E-state index contributed by atoms with van der Waals surface area (Å²) in [5.74, 6) is 0. The number of hydrogen-bond acceptors (Lipinski definition) is 1. The van der Waals surface area contributed by atoms with Crippen LogP contribution < -0.4 is 5.73 Å². The van der Waals surface area contributed by atoms with Gasteiger partial charge in [-0.2, -0.15) is 0 Å². The summed E-state index contributed by atoms with van der Waals surface area (Å²) in [5, 5.41) is 0. The van der Waals surface area contributed by atoms with Crippen LogP contribution in [0, 0.1) is 13.8 Å². The molecule has 2 heteroatoms. The number of nitrogens with zero attached hydrogens (tertiary/aromatic N) is 1. The van der Waals surface area contributed by atoms with E-state index in [9.17, 15) is 0 Å². The van der Waals surface area contributed by atoms with Gasteiger partial charge in [-0.15, -0.1) is 0 Å². The van der Waals surface area contributed by atoms with Crippen molar-refractivity contribution in [1.82, 2.24) is 4.57 Å². The van der Waals surface area contributed by atoms with Gasteiger partial charge in [0, 0.05) is 24.0 Å². The van der Waals surface area contributed by atoms with Gasteiger partial charge >= 0.3 is 0 Å². The molecule has 1 aromatic rings. The van der Waals surface area contributed by atoms with Crippen LogP contribution in [0.5, 0.6) is 0 Å². The van der Waals surface area contributed by atoms with Gasteiger partial charge in [0.05, 0.1) is 0 Å². The highest BCUT2D eigenvalue weighted by Crippen LogP contribution is 2.20. The van der Waals surface area contributed by atoms with E-state index in [-0.39, 0.29) is 0 Å². The minimum absolute atomic E-state index is 0.523. The molecule has 78 valence electrons. The number of aromatic nitrogens is 1. The third kappa shape index (κ3) is 2.07. The van der Waals surface area contributed by atoms with Crippen LogP contribution in [0.4, 0.5) is 0 Å². The molecule has 0 aromatic carbocycles. The summed E-state index contributed by atoms with van der Waals surface area (Å²) in [7, 11) is 0. The molecule has 0 radical (unpaired) electrons. The third-order valence-electron chi connectivity index (χ3n) is 2.47. The van der Waals surface area contributed by atoms with Gasteiger partial charge in [0.25, 0.3) is 0 Å². The Balaban J connectivity index is 3.10. The molecule has 1 aromatic heterocycles. The first-order valence-electron chi connectivity index (χ1n) is 5.13. The molecule has 0 spiro atoms. The van der Waals surface area contributed by atoms with Gasteiger partial charge in [0.1, 0.15) is 0 Å². The monoisotopic (exact) mass is 192 g/mol. The van der Waals surface area contributed by atoms with Crippen LogP contribution in [0.25, 0.3) is 6.08 Å². The molecule has 0 saturated carbocycles. The summed E-state index contributed by atoms with van der Waals surface area (Å²) in [6, 6.07) is 2.73. The van der Waals surface area contributed by atoms with Crippen molar-refractivity contribution >= 4 is 6.08 Å². The molecule has 0 atom stereocenters. The average Bonchev–Trinajstić information content (AvgIpc) is 2.38. The first-order valence-corrected chi connectivity index (χ1v) is 5.13. The van der Waals surface area contributed by atoms with E-state index in [0.717, 1.165) is 0 Å². The van der Waals surface area contributed by atoms with Gasteiger partial charge in [-0.05, 0) is 39.3 Å². The Kier molecular flexibility index (Phi) is 3.53. The quantitative estimate of drug-likeness (QED) is 0.784. The van der Waals surface area contributed by atoms with Crippen molar-refractivity contribution in [2.75, 3.05) is 6.54 Å². The predicted octanol–water partition coefficient (Wildman–Crippen LogP) is 2.66.